The van der Waals surface area contributed by atoms with Crippen LogP contribution in [0.4, 0.5) is 5.69 Å². The van der Waals surface area contributed by atoms with Crippen LogP contribution < -0.4 is 10.5 Å². The Morgan fingerprint density at radius 3 is 2.50 bits per heavy atom. The fourth-order valence-electron chi connectivity index (χ4n) is 0.729. The molecule has 0 aromatic heterocycles. The van der Waals surface area contributed by atoms with Gasteiger partial charge in [0.25, 0.3) is 0 Å². The van der Waals surface area contributed by atoms with E-state index in [-0.39, 0.29) is 6.73 Å². The van der Waals surface area contributed by atoms with Gasteiger partial charge in [-0.1, -0.05) is 0 Å². The summed E-state index contributed by atoms with van der Waals surface area (Å²) in [4.78, 5) is 0. The van der Waals surface area contributed by atoms with Gasteiger partial charge in [0, 0.05) is 5.69 Å². The van der Waals surface area contributed by atoms with Crippen molar-refractivity contribution in [3.05, 3.63) is 29.5 Å². The first-order valence-corrected chi connectivity index (χ1v) is 3.55. The van der Waals surface area contributed by atoms with Crippen molar-refractivity contribution in [3.63, 3.8) is 0 Å². The Labute approximate surface area is 71.1 Å². The van der Waals surface area contributed by atoms with Gasteiger partial charge in [-0.25, -0.2) is 0 Å². The Balaban J connectivity index is 2.48. The van der Waals surface area contributed by atoms with Crippen molar-refractivity contribution < 1.29 is 4.74 Å². The molecule has 0 unspecified atom stereocenters. The van der Waals surface area contributed by atoms with Crippen LogP contribution in [0, 0.1) is 5.21 Å². The minimum atomic E-state index is 0.0317. The Morgan fingerprint density at radius 2 is 2.00 bits per heavy atom. The minimum absolute atomic E-state index is 0.0317. The lowest BCUT2D eigenvalue weighted by atomic mass is 10.3. The van der Waals surface area contributed by atoms with Crippen LogP contribution in [0.25, 0.3) is 0 Å². The monoisotopic (exact) mass is 167 g/mol. The molecule has 0 bridgehead atoms. The van der Waals surface area contributed by atoms with Gasteiger partial charge in [0.05, 0.1) is 0 Å². The minimum Gasteiger partial charge on any atom is -0.783 e. The summed E-state index contributed by atoms with van der Waals surface area (Å²) in [6.45, 7) is 0.0317. The van der Waals surface area contributed by atoms with Crippen molar-refractivity contribution in [3.8, 4) is 5.75 Å². The lowest BCUT2D eigenvalue weighted by Crippen LogP contribution is -2.16. The summed E-state index contributed by atoms with van der Waals surface area (Å²) in [5.41, 5.74) is 6.13. The van der Waals surface area contributed by atoms with Crippen molar-refractivity contribution in [2.75, 3.05) is 19.5 Å². The highest BCUT2D eigenvalue weighted by molar-refractivity contribution is 5.41. The molecule has 1 aromatic carbocycles. The molecule has 0 heterocycles. The summed E-state index contributed by atoms with van der Waals surface area (Å²) < 4.78 is 5.08. The average molecular weight is 167 g/mol. The molecule has 4 nitrogen and oxygen atoms in total. The number of nitrogens with two attached hydrogens (primary N) is 1. The van der Waals surface area contributed by atoms with Gasteiger partial charge in [0.15, 0.2) is 0 Å². The molecule has 0 aliphatic heterocycles. The third-order valence-electron chi connectivity index (χ3n) is 1.29. The second-order valence-electron chi connectivity index (χ2n) is 2.47. The SMILES string of the molecule is CN([O-])COc1ccc(N)cc1. The lowest BCUT2D eigenvalue weighted by Gasteiger charge is -2.21. The normalized spacial score (nSPS) is 10.2. The van der Waals surface area contributed by atoms with Gasteiger partial charge >= 0.3 is 0 Å². The molecule has 0 atom stereocenters. The third kappa shape index (κ3) is 2.77. The number of nitrogen functional groups attached to an aromatic ring is 1. The zero-order valence-corrected chi connectivity index (χ0v) is 6.86. The maximum atomic E-state index is 10.5. The van der Waals surface area contributed by atoms with E-state index in [0.29, 0.717) is 16.5 Å². The van der Waals surface area contributed by atoms with Crippen LogP contribution in [0.1, 0.15) is 0 Å². The van der Waals surface area contributed by atoms with E-state index in [2.05, 4.69) is 0 Å². The van der Waals surface area contributed by atoms with E-state index >= 15 is 0 Å². The molecule has 0 amide bonds. The second-order valence-corrected chi connectivity index (χ2v) is 2.47. The number of hydrogen-bond donors (Lipinski definition) is 1. The number of hydrogen-bond acceptors (Lipinski definition) is 4. The van der Waals surface area contributed by atoms with Crippen molar-refractivity contribution in [1.29, 1.82) is 0 Å². The lowest BCUT2D eigenvalue weighted by molar-refractivity contribution is 0.198. The first-order chi connectivity index (χ1) is 5.68. The van der Waals surface area contributed by atoms with E-state index in [9.17, 15) is 5.21 Å². The molecular formula is C8H11N2O2-. The summed E-state index contributed by atoms with van der Waals surface area (Å²) in [6, 6.07) is 6.89. The molecule has 0 aliphatic rings. The quantitative estimate of drug-likeness (QED) is 0.415. The Kier molecular flexibility index (Phi) is 2.90. The Bertz CT molecular complexity index is 233. The zero-order valence-electron chi connectivity index (χ0n) is 6.86. The summed E-state index contributed by atoms with van der Waals surface area (Å²) in [6.07, 6.45) is 0. The smallest absolute Gasteiger partial charge is 0.130 e. The summed E-state index contributed by atoms with van der Waals surface area (Å²) in [5, 5.41) is 11.2. The molecule has 0 saturated heterocycles. The van der Waals surface area contributed by atoms with Gasteiger partial charge in [-0.05, 0) is 31.3 Å². The molecule has 0 aliphatic carbocycles. The molecular weight excluding hydrogens is 156 g/mol. The predicted molar refractivity (Wildman–Crippen MR) is 47.5 cm³/mol. The largest absolute Gasteiger partial charge is 0.783 e. The molecule has 1 aromatic rings. The molecule has 66 valence electrons. The van der Waals surface area contributed by atoms with E-state index in [0.717, 1.165) is 0 Å². The van der Waals surface area contributed by atoms with Crippen molar-refractivity contribution in [2.45, 2.75) is 0 Å². The highest BCUT2D eigenvalue weighted by Crippen LogP contribution is 2.12. The fourth-order valence-corrected chi connectivity index (χ4v) is 0.729. The van der Waals surface area contributed by atoms with Crippen LogP contribution in [0.5, 0.6) is 5.75 Å². The van der Waals surface area contributed by atoms with E-state index in [1.807, 2.05) is 0 Å². The predicted octanol–water partition coefficient (Wildman–Crippen LogP) is 1.03. The van der Waals surface area contributed by atoms with Gasteiger partial charge in [-0.2, -0.15) is 0 Å². The van der Waals surface area contributed by atoms with Crippen LogP contribution in [0.15, 0.2) is 24.3 Å². The first kappa shape index (κ1) is 8.83. The number of benzene rings is 1. The van der Waals surface area contributed by atoms with Crippen LogP contribution in [0.2, 0.25) is 0 Å². The molecule has 0 spiro atoms. The summed E-state index contributed by atoms with van der Waals surface area (Å²) >= 11 is 0. The van der Waals surface area contributed by atoms with Gasteiger partial charge < -0.3 is 20.7 Å². The van der Waals surface area contributed by atoms with E-state index in [4.69, 9.17) is 10.5 Å². The molecule has 12 heavy (non-hydrogen) atoms. The third-order valence-corrected chi connectivity index (χ3v) is 1.29. The second kappa shape index (κ2) is 3.94. The maximum absolute atomic E-state index is 10.5. The van der Waals surface area contributed by atoms with Crippen LogP contribution in [-0.4, -0.2) is 18.8 Å². The topological polar surface area (TPSA) is 61.5 Å². The standard InChI is InChI=1S/C8H11N2O2/c1-10(11)6-12-8-4-2-7(9)3-5-8/h2-5H,6,9H2,1H3/q-1. The number of ether oxygens (including phenoxy) is 1. The number of nitrogens with zero attached hydrogens (tertiary/aromatic N) is 1. The molecule has 4 heteroatoms. The van der Waals surface area contributed by atoms with Crippen LogP contribution in [-0.2, 0) is 0 Å². The fraction of sp³-hybridized carbons (Fsp3) is 0.250. The number of hydroxylamine groups is 2. The Morgan fingerprint density at radius 1 is 1.42 bits per heavy atom. The maximum Gasteiger partial charge on any atom is 0.130 e. The number of rotatable bonds is 3. The molecule has 0 fully saturated rings. The van der Waals surface area contributed by atoms with Crippen molar-refractivity contribution in [1.82, 2.24) is 5.06 Å². The van der Waals surface area contributed by atoms with Gasteiger partial charge in [0.2, 0.25) is 0 Å². The molecule has 0 saturated carbocycles. The van der Waals surface area contributed by atoms with E-state index in [1.54, 1.807) is 24.3 Å². The Hall–Kier alpha value is -1.26. The van der Waals surface area contributed by atoms with Gasteiger partial charge in [-0.15, -0.1) is 0 Å². The molecule has 2 N–H and O–H groups in total. The van der Waals surface area contributed by atoms with Crippen molar-refractivity contribution in [2.24, 2.45) is 0 Å². The average Bonchev–Trinajstić information content (AvgIpc) is 2.03. The zero-order chi connectivity index (χ0) is 8.97. The highest BCUT2D eigenvalue weighted by atomic mass is 16.6. The van der Waals surface area contributed by atoms with E-state index in [1.165, 1.54) is 7.05 Å². The molecule has 1 rings (SSSR count). The summed E-state index contributed by atoms with van der Waals surface area (Å²) in [7, 11) is 1.40. The van der Waals surface area contributed by atoms with Crippen molar-refractivity contribution >= 4 is 5.69 Å². The molecule has 0 radical (unpaired) electrons. The summed E-state index contributed by atoms with van der Waals surface area (Å²) in [5.74, 6) is 0.645. The van der Waals surface area contributed by atoms with Crippen LogP contribution in [0.3, 0.4) is 0 Å². The number of anilines is 1. The van der Waals surface area contributed by atoms with Gasteiger partial charge in [0.1, 0.15) is 12.5 Å². The van der Waals surface area contributed by atoms with E-state index < -0.39 is 0 Å². The van der Waals surface area contributed by atoms with Gasteiger partial charge in [-0.3, -0.25) is 0 Å². The first-order valence-electron chi connectivity index (χ1n) is 3.55. The highest BCUT2D eigenvalue weighted by Gasteiger charge is 1.90. The van der Waals surface area contributed by atoms with Crippen LogP contribution >= 0.6 is 0 Å².